The second-order valence-electron chi connectivity index (χ2n) is 3.30. The van der Waals surface area contributed by atoms with Crippen molar-refractivity contribution in [1.82, 2.24) is 0 Å². The molecule has 0 spiro atoms. The van der Waals surface area contributed by atoms with Gasteiger partial charge in [-0.15, -0.1) is 0 Å². The lowest BCUT2D eigenvalue weighted by atomic mass is 9.89. The first kappa shape index (κ1) is 8.76. The highest BCUT2D eigenvalue weighted by Gasteiger charge is 2.08. The molecule has 0 aromatic rings. The van der Waals surface area contributed by atoms with Gasteiger partial charge in [-0.05, 0) is 25.2 Å². The van der Waals surface area contributed by atoms with E-state index in [9.17, 15) is 4.39 Å². The van der Waals surface area contributed by atoms with Crippen LogP contribution in [0.5, 0.6) is 0 Å². The third kappa shape index (κ3) is 3.54. The lowest BCUT2D eigenvalue weighted by molar-refractivity contribution is 0.417. The van der Waals surface area contributed by atoms with Crippen molar-refractivity contribution in [2.45, 2.75) is 38.5 Å². The van der Waals surface area contributed by atoms with Crippen LogP contribution in [0, 0.1) is 5.92 Å². The first-order chi connectivity index (χ1) is 5.43. The highest BCUT2D eigenvalue weighted by Crippen LogP contribution is 2.24. The molecule has 0 nitrogen and oxygen atoms in total. The maximum absolute atomic E-state index is 11.7. The molecule has 0 bridgehead atoms. The number of hydrogen-bond donors (Lipinski definition) is 0. The van der Waals surface area contributed by atoms with Gasteiger partial charge in [-0.25, -0.2) is 0 Å². The van der Waals surface area contributed by atoms with Crippen LogP contribution >= 0.6 is 0 Å². The van der Waals surface area contributed by atoms with Crippen LogP contribution < -0.4 is 0 Å². The quantitative estimate of drug-likeness (QED) is 0.549. The van der Waals surface area contributed by atoms with Crippen LogP contribution in [0.25, 0.3) is 0 Å². The molecule has 0 aliphatic heterocycles. The van der Waals surface area contributed by atoms with Crippen LogP contribution in [0.15, 0.2) is 12.2 Å². The van der Waals surface area contributed by atoms with Crippen LogP contribution in [-0.2, 0) is 0 Å². The SMILES string of the molecule is FCC/C=C/C1CCCCC1. The van der Waals surface area contributed by atoms with E-state index in [4.69, 9.17) is 0 Å². The summed E-state index contributed by atoms with van der Waals surface area (Å²) in [5, 5.41) is 0. The molecular weight excluding hydrogens is 139 g/mol. The fourth-order valence-electron chi connectivity index (χ4n) is 1.68. The normalized spacial score (nSPS) is 21.2. The van der Waals surface area contributed by atoms with Gasteiger partial charge in [0.15, 0.2) is 0 Å². The first-order valence-corrected chi connectivity index (χ1v) is 4.66. The van der Waals surface area contributed by atoms with Gasteiger partial charge in [-0.3, -0.25) is 4.39 Å². The Morgan fingerprint density at radius 3 is 2.55 bits per heavy atom. The summed E-state index contributed by atoms with van der Waals surface area (Å²) in [6.07, 6.45) is 11.6. The molecule has 0 amide bonds. The Morgan fingerprint density at radius 2 is 1.91 bits per heavy atom. The van der Waals surface area contributed by atoms with E-state index in [0.717, 1.165) is 5.92 Å². The highest BCUT2D eigenvalue weighted by atomic mass is 19.1. The summed E-state index contributed by atoms with van der Waals surface area (Å²) in [7, 11) is 0. The van der Waals surface area contributed by atoms with E-state index in [-0.39, 0.29) is 6.67 Å². The van der Waals surface area contributed by atoms with Gasteiger partial charge in [0.25, 0.3) is 0 Å². The van der Waals surface area contributed by atoms with Crippen molar-refractivity contribution < 1.29 is 4.39 Å². The molecule has 0 saturated heterocycles. The summed E-state index contributed by atoms with van der Waals surface area (Å²) < 4.78 is 11.7. The minimum Gasteiger partial charge on any atom is -0.251 e. The fourth-order valence-corrected chi connectivity index (χ4v) is 1.68. The molecule has 0 unspecified atom stereocenters. The zero-order valence-electron chi connectivity index (χ0n) is 7.06. The van der Waals surface area contributed by atoms with Crippen molar-refractivity contribution in [3.63, 3.8) is 0 Å². The molecule has 0 radical (unpaired) electrons. The van der Waals surface area contributed by atoms with Gasteiger partial charge in [0.1, 0.15) is 0 Å². The molecule has 1 aliphatic rings. The van der Waals surface area contributed by atoms with Crippen molar-refractivity contribution in [2.24, 2.45) is 5.92 Å². The van der Waals surface area contributed by atoms with Gasteiger partial charge in [-0.2, -0.15) is 0 Å². The average molecular weight is 156 g/mol. The summed E-state index contributed by atoms with van der Waals surface area (Å²) in [4.78, 5) is 0. The molecule has 1 fully saturated rings. The minimum atomic E-state index is -0.205. The van der Waals surface area contributed by atoms with Gasteiger partial charge in [-0.1, -0.05) is 31.4 Å². The zero-order chi connectivity index (χ0) is 7.94. The van der Waals surface area contributed by atoms with Gasteiger partial charge >= 0.3 is 0 Å². The van der Waals surface area contributed by atoms with E-state index in [1.807, 2.05) is 6.08 Å². The monoisotopic (exact) mass is 156 g/mol. The second kappa shape index (κ2) is 5.34. The van der Waals surface area contributed by atoms with Crippen molar-refractivity contribution in [2.75, 3.05) is 6.67 Å². The predicted octanol–water partition coefficient (Wildman–Crippen LogP) is 3.48. The summed E-state index contributed by atoms with van der Waals surface area (Å²) in [6.45, 7) is -0.205. The number of allylic oxidation sites excluding steroid dienone is 2. The number of halogens is 1. The molecule has 1 saturated carbocycles. The third-order valence-electron chi connectivity index (χ3n) is 2.33. The number of rotatable bonds is 3. The summed E-state index contributed by atoms with van der Waals surface area (Å²) in [5.74, 6) is 0.760. The maximum atomic E-state index is 11.7. The summed E-state index contributed by atoms with van der Waals surface area (Å²) in [5.41, 5.74) is 0. The van der Waals surface area contributed by atoms with E-state index in [0.29, 0.717) is 6.42 Å². The zero-order valence-corrected chi connectivity index (χ0v) is 7.06. The molecule has 1 heteroatoms. The molecule has 64 valence electrons. The van der Waals surface area contributed by atoms with Gasteiger partial charge in [0, 0.05) is 0 Å². The number of hydrogen-bond acceptors (Lipinski definition) is 0. The first-order valence-electron chi connectivity index (χ1n) is 4.66. The van der Waals surface area contributed by atoms with Crippen LogP contribution in [-0.4, -0.2) is 6.67 Å². The van der Waals surface area contributed by atoms with Crippen LogP contribution in [0.2, 0.25) is 0 Å². The highest BCUT2D eigenvalue weighted by molar-refractivity contribution is 4.89. The van der Waals surface area contributed by atoms with E-state index >= 15 is 0 Å². The second-order valence-corrected chi connectivity index (χ2v) is 3.30. The number of alkyl halides is 1. The predicted molar refractivity (Wildman–Crippen MR) is 46.3 cm³/mol. The van der Waals surface area contributed by atoms with Crippen molar-refractivity contribution in [3.8, 4) is 0 Å². The van der Waals surface area contributed by atoms with Gasteiger partial charge in [0.05, 0.1) is 6.67 Å². The Kier molecular flexibility index (Phi) is 4.25. The van der Waals surface area contributed by atoms with Crippen LogP contribution in [0.4, 0.5) is 4.39 Å². The Labute approximate surface area is 68.5 Å². The fraction of sp³-hybridized carbons (Fsp3) is 0.800. The Hall–Kier alpha value is -0.330. The third-order valence-corrected chi connectivity index (χ3v) is 2.33. The molecule has 11 heavy (non-hydrogen) atoms. The lowest BCUT2D eigenvalue weighted by Crippen LogP contribution is -2.02. The van der Waals surface area contributed by atoms with E-state index in [1.165, 1.54) is 32.1 Å². The molecular formula is C10H17F. The Balaban J connectivity index is 2.13. The topological polar surface area (TPSA) is 0 Å². The van der Waals surface area contributed by atoms with Crippen LogP contribution in [0.3, 0.4) is 0 Å². The smallest absolute Gasteiger partial charge is 0.0928 e. The molecule has 0 aromatic heterocycles. The molecule has 0 N–H and O–H groups in total. The van der Waals surface area contributed by atoms with Gasteiger partial charge < -0.3 is 0 Å². The molecule has 0 heterocycles. The summed E-state index contributed by atoms with van der Waals surface area (Å²) >= 11 is 0. The van der Waals surface area contributed by atoms with Crippen molar-refractivity contribution in [3.05, 3.63) is 12.2 Å². The maximum Gasteiger partial charge on any atom is 0.0928 e. The van der Waals surface area contributed by atoms with E-state index in [2.05, 4.69) is 6.08 Å². The lowest BCUT2D eigenvalue weighted by Gasteiger charge is -2.17. The van der Waals surface area contributed by atoms with Gasteiger partial charge in [0.2, 0.25) is 0 Å². The van der Waals surface area contributed by atoms with Crippen molar-refractivity contribution >= 4 is 0 Å². The molecule has 0 atom stereocenters. The molecule has 1 rings (SSSR count). The summed E-state index contributed by atoms with van der Waals surface area (Å²) in [6, 6.07) is 0. The van der Waals surface area contributed by atoms with Crippen LogP contribution in [0.1, 0.15) is 38.5 Å². The van der Waals surface area contributed by atoms with Crippen molar-refractivity contribution in [1.29, 1.82) is 0 Å². The minimum absolute atomic E-state index is 0.205. The Bertz CT molecular complexity index is 112. The largest absolute Gasteiger partial charge is 0.251 e. The average Bonchev–Trinajstić information content (AvgIpc) is 2.07. The molecule has 1 aliphatic carbocycles. The van der Waals surface area contributed by atoms with E-state index in [1.54, 1.807) is 0 Å². The standard InChI is InChI=1S/C10H17F/c11-9-5-4-8-10-6-2-1-3-7-10/h4,8,10H,1-3,5-7,9H2/b8-4+. The van der Waals surface area contributed by atoms with E-state index < -0.39 is 0 Å². The Morgan fingerprint density at radius 1 is 1.18 bits per heavy atom. The molecule has 0 aromatic carbocycles.